The Labute approximate surface area is 157 Å². The number of hydrogen-bond donors (Lipinski definition) is 1. The SMILES string of the molecule is c1nc(Nc2ccc(C34CC5CC(CC(C5)C3)C4)cc2)c2ccsc2n1. The van der Waals surface area contributed by atoms with Gasteiger partial charge in [-0.25, -0.2) is 9.97 Å². The molecule has 26 heavy (non-hydrogen) atoms. The van der Waals surface area contributed by atoms with Crippen LogP contribution in [0.4, 0.5) is 11.5 Å². The van der Waals surface area contributed by atoms with Crippen molar-refractivity contribution in [3.8, 4) is 0 Å². The third-order valence-corrected chi connectivity index (χ3v) is 7.88. The molecule has 4 heteroatoms. The minimum atomic E-state index is 0.475. The second-order valence-corrected chi connectivity index (χ2v) is 9.66. The lowest BCUT2D eigenvalue weighted by atomic mass is 9.48. The van der Waals surface area contributed by atoms with Crippen LogP contribution in [0.3, 0.4) is 0 Å². The van der Waals surface area contributed by atoms with Gasteiger partial charge >= 0.3 is 0 Å². The van der Waals surface area contributed by atoms with Gasteiger partial charge in [-0.2, -0.15) is 0 Å². The standard InChI is InChI=1S/C22H23N3S/c1-3-18(25-20-19-5-6-26-21(19)24-13-23-20)4-2-17(1)22-10-14-7-15(11-22)9-16(8-14)12-22/h1-6,13-16H,7-12H2,(H,23,24,25). The molecule has 1 N–H and O–H groups in total. The van der Waals surface area contributed by atoms with Crippen LogP contribution in [-0.4, -0.2) is 9.97 Å². The van der Waals surface area contributed by atoms with Crippen LogP contribution in [0.1, 0.15) is 44.1 Å². The fourth-order valence-electron chi connectivity index (χ4n) is 6.40. The highest BCUT2D eigenvalue weighted by Gasteiger charge is 2.51. The molecule has 2 heterocycles. The number of benzene rings is 1. The molecule has 4 saturated carbocycles. The number of aromatic nitrogens is 2. The third-order valence-electron chi connectivity index (χ3n) is 7.06. The summed E-state index contributed by atoms with van der Waals surface area (Å²) in [5.41, 5.74) is 3.17. The summed E-state index contributed by atoms with van der Waals surface area (Å²) in [6.07, 6.45) is 10.4. The molecule has 4 aliphatic rings. The summed E-state index contributed by atoms with van der Waals surface area (Å²) in [6.45, 7) is 0. The van der Waals surface area contributed by atoms with Crippen molar-refractivity contribution in [2.24, 2.45) is 17.8 Å². The summed E-state index contributed by atoms with van der Waals surface area (Å²) < 4.78 is 0. The highest BCUT2D eigenvalue weighted by molar-refractivity contribution is 7.16. The zero-order chi connectivity index (χ0) is 17.1. The van der Waals surface area contributed by atoms with Crippen LogP contribution < -0.4 is 5.32 Å². The zero-order valence-corrected chi connectivity index (χ0v) is 15.6. The normalized spacial score (nSPS) is 32.2. The summed E-state index contributed by atoms with van der Waals surface area (Å²) in [5, 5.41) is 6.66. The molecule has 0 radical (unpaired) electrons. The maximum atomic E-state index is 4.44. The summed E-state index contributed by atoms with van der Waals surface area (Å²) >= 11 is 1.66. The Bertz CT molecular complexity index is 924. The molecule has 0 spiro atoms. The Hall–Kier alpha value is -1.94. The lowest BCUT2D eigenvalue weighted by Crippen LogP contribution is -2.48. The van der Waals surface area contributed by atoms with E-state index in [9.17, 15) is 0 Å². The summed E-state index contributed by atoms with van der Waals surface area (Å²) in [4.78, 5) is 9.80. The maximum Gasteiger partial charge on any atom is 0.142 e. The molecule has 0 amide bonds. The molecule has 2 aromatic heterocycles. The molecular formula is C22H23N3S. The van der Waals surface area contributed by atoms with Crippen molar-refractivity contribution in [3.63, 3.8) is 0 Å². The van der Waals surface area contributed by atoms with E-state index in [1.165, 1.54) is 38.5 Å². The topological polar surface area (TPSA) is 37.8 Å². The van der Waals surface area contributed by atoms with Crippen LogP contribution in [-0.2, 0) is 5.41 Å². The van der Waals surface area contributed by atoms with Crippen LogP contribution in [0.25, 0.3) is 10.2 Å². The van der Waals surface area contributed by atoms with Gasteiger partial charge in [-0.05, 0) is 90.8 Å². The van der Waals surface area contributed by atoms with Gasteiger partial charge in [0.25, 0.3) is 0 Å². The lowest BCUT2D eigenvalue weighted by Gasteiger charge is -2.57. The number of nitrogens with one attached hydrogen (secondary N) is 1. The average molecular weight is 362 g/mol. The second-order valence-electron chi connectivity index (χ2n) is 8.76. The monoisotopic (exact) mass is 361 g/mol. The summed E-state index contributed by atoms with van der Waals surface area (Å²) in [7, 11) is 0. The number of rotatable bonds is 3. The lowest BCUT2D eigenvalue weighted by molar-refractivity contribution is -0.00518. The van der Waals surface area contributed by atoms with Gasteiger partial charge in [0.05, 0.1) is 5.39 Å². The molecule has 3 aromatic rings. The van der Waals surface area contributed by atoms with E-state index in [0.717, 1.165) is 39.5 Å². The van der Waals surface area contributed by atoms with Crippen LogP contribution in [0.2, 0.25) is 0 Å². The number of hydrogen-bond acceptors (Lipinski definition) is 4. The molecule has 1 aromatic carbocycles. The fraction of sp³-hybridized carbons (Fsp3) is 0.455. The van der Waals surface area contributed by atoms with Gasteiger partial charge in [-0.15, -0.1) is 11.3 Å². The van der Waals surface area contributed by atoms with Crippen molar-refractivity contribution in [2.75, 3.05) is 5.32 Å². The van der Waals surface area contributed by atoms with E-state index in [4.69, 9.17) is 0 Å². The molecule has 0 aliphatic heterocycles. The minimum Gasteiger partial charge on any atom is -0.340 e. The Morgan fingerprint density at radius 1 is 0.885 bits per heavy atom. The molecule has 0 atom stereocenters. The first-order valence-corrected chi connectivity index (χ1v) is 10.7. The molecule has 7 rings (SSSR count). The Kier molecular flexibility index (Phi) is 3.22. The number of nitrogens with zero attached hydrogens (tertiary/aromatic N) is 2. The smallest absolute Gasteiger partial charge is 0.142 e. The van der Waals surface area contributed by atoms with Gasteiger partial charge in [-0.3, -0.25) is 0 Å². The maximum absolute atomic E-state index is 4.44. The van der Waals surface area contributed by atoms with Crippen molar-refractivity contribution >= 4 is 33.1 Å². The van der Waals surface area contributed by atoms with Crippen LogP contribution in [0, 0.1) is 17.8 Å². The third kappa shape index (κ3) is 2.31. The van der Waals surface area contributed by atoms with E-state index in [-0.39, 0.29) is 0 Å². The predicted octanol–water partition coefficient (Wildman–Crippen LogP) is 5.90. The van der Waals surface area contributed by atoms with E-state index < -0.39 is 0 Å². The van der Waals surface area contributed by atoms with Crippen LogP contribution in [0.15, 0.2) is 42.0 Å². The van der Waals surface area contributed by atoms with Crippen molar-refractivity contribution in [2.45, 2.75) is 43.9 Å². The second kappa shape index (κ2) is 5.53. The van der Waals surface area contributed by atoms with Crippen molar-refractivity contribution < 1.29 is 0 Å². The van der Waals surface area contributed by atoms with Crippen LogP contribution >= 0.6 is 11.3 Å². The number of anilines is 2. The van der Waals surface area contributed by atoms with Gasteiger partial charge in [-0.1, -0.05) is 12.1 Å². The molecular weight excluding hydrogens is 338 g/mol. The van der Waals surface area contributed by atoms with E-state index >= 15 is 0 Å². The van der Waals surface area contributed by atoms with Crippen molar-refractivity contribution in [1.82, 2.24) is 9.97 Å². The minimum absolute atomic E-state index is 0.475. The van der Waals surface area contributed by atoms with Crippen molar-refractivity contribution in [3.05, 3.63) is 47.6 Å². The van der Waals surface area contributed by atoms with Crippen molar-refractivity contribution in [1.29, 1.82) is 0 Å². The van der Waals surface area contributed by atoms with E-state index in [0.29, 0.717) is 5.41 Å². The fourth-order valence-corrected chi connectivity index (χ4v) is 7.13. The van der Waals surface area contributed by atoms with Crippen LogP contribution in [0.5, 0.6) is 0 Å². The number of thiophene rings is 1. The van der Waals surface area contributed by atoms with Gasteiger partial charge < -0.3 is 5.32 Å². The highest BCUT2D eigenvalue weighted by atomic mass is 32.1. The first kappa shape index (κ1) is 15.2. The molecule has 4 aliphatic carbocycles. The van der Waals surface area contributed by atoms with E-state index in [2.05, 4.69) is 51.0 Å². The molecule has 3 nitrogen and oxygen atoms in total. The molecule has 0 unspecified atom stereocenters. The summed E-state index contributed by atoms with van der Waals surface area (Å²) in [5.74, 6) is 3.88. The first-order valence-electron chi connectivity index (χ1n) is 9.83. The zero-order valence-electron chi connectivity index (χ0n) is 14.8. The Balaban J connectivity index is 1.29. The van der Waals surface area contributed by atoms with Gasteiger partial charge in [0.2, 0.25) is 0 Å². The first-order chi connectivity index (χ1) is 12.8. The summed E-state index contributed by atoms with van der Waals surface area (Å²) in [6, 6.07) is 11.3. The average Bonchev–Trinajstić information content (AvgIpc) is 3.11. The Morgan fingerprint density at radius 3 is 2.27 bits per heavy atom. The predicted molar refractivity (Wildman–Crippen MR) is 107 cm³/mol. The largest absolute Gasteiger partial charge is 0.340 e. The quantitative estimate of drug-likeness (QED) is 0.631. The highest BCUT2D eigenvalue weighted by Crippen LogP contribution is 2.60. The van der Waals surface area contributed by atoms with Gasteiger partial charge in [0.1, 0.15) is 17.0 Å². The van der Waals surface area contributed by atoms with E-state index in [1.54, 1.807) is 23.2 Å². The van der Waals surface area contributed by atoms with Gasteiger partial charge in [0.15, 0.2) is 0 Å². The Morgan fingerprint density at radius 2 is 1.58 bits per heavy atom. The molecule has 4 fully saturated rings. The van der Waals surface area contributed by atoms with E-state index in [1.807, 2.05) is 0 Å². The van der Waals surface area contributed by atoms with Gasteiger partial charge in [0, 0.05) is 5.69 Å². The number of fused-ring (bicyclic) bond motifs is 1. The molecule has 4 bridgehead atoms. The molecule has 0 saturated heterocycles. The molecule has 132 valence electrons.